The van der Waals surface area contributed by atoms with E-state index in [2.05, 4.69) is 16.0 Å². The van der Waals surface area contributed by atoms with Crippen LogP contribution >= 0.6 is 0 Å². The number of piperazine rings is 1. The average molecular weight is 322 g/mol. The number of nitriles is 1. The molecule has 0 saturated carbocycles. The summed E-state index contributed by atoms with van der Waals surface area (Å²) in [5.74, 6) is 0.544. The molecule has 0 N–H and O–H groups in total. The Balaban J connectivity index is 1.66. The maximum Gasteiger partial charge on any atom is 0.241 e. The van der Waals surface area contributed by atoms with Gasteiger partial charge in [0, 0.05) is 31.9 Å². The monoisotopic (exact) mass is 322 g/mol. The number of hydrogen-bond donors (Lipinski definition) is 0. The molecule has 0 aliphatic carbocycles. The summed E-state index contributed by atoms with van der Waals surface area (Å²) in [6.45, 7) is 2.40. The third kappa shape index (κ3) is 3.53. The van der Waals surface area contributed by atoms with Crippen molar-refractivity contribution >= 4 is 11.6 Å². The summed E-state index contributed by atoms with van der Waals surface area (Å²) in [5.41, 5.74) is 2.49. The highest BCUT2D eigenvalue weighted by atomic mass is 16.5. The zero-order chi connectivity index (χ0) is 16.9. The average Bonchev–Trinajstić information content (AvgIpc) is 2.62. The molecule has 1 aromatic heterocycles. The number of rotatable bonds is 4. The van der Waals surface area contributed by atoms with Crippen LogP contribution in [0.1, 0.15) is 11.1 Å². The molecule has 1 amide bonds. The van der Waals surface area contributed by atoms with Crippen LogP contribution in [0.15, 0.2) is 42.6 Å². The van der Waals surface area contributed by atoms with Crippen LogP contribution in [0, 0.1) is 11.3 Å². The minimum Gasteiger partial charge on any atom is -0.481 e. The maximum atomic E-state index is 12.5. The first-order valence-electron chi connectivity index (χ1n) is 7.71. The Hall–Kier alpha value is -2.91. The number of carbonyl (C=O) groups excluding carboxylic acids is 1. The van der Waals surface area contributed by atoms with Crippen LogP contribution in [-0.4, -0.2) is 42.5 Å². The molecular formula is C18H18N4O2. The number of carbonyl (C=O) groups is 1. The molecule has 6 heteroatoms. The highest BCUT2D eigenvalue weighted by Gasteiger charge is 2.25. The maximum absolute atomic E-state index is 12.5. The Morgan fingerprint density at radius 2 is 2.17 bits per heavy atom. The van der Waals surface area contributed by atoms with Crippen LogP contribution in [0.3, 0.4) is 0 Å². The van der Waals surface area contributed by atoms with Crippen molar-refractivity contribution in [3.8, 4) is 11.9 Å². The minimum absolute atomic E-state index is 0.0472. The van der Waals surface area contributed by atoms with Crippen molar-refractivity contribution in [3.63, 3.8) is 0 Å². The zero-order valence-electron chi connectivity index (χ0n) is 13.5. The van der Waals surface area contributed by atoms with Gasteiger partial charge in [-0.15, -0.1) is 0 Å². The second kappa shape index (κ2) is 7.11. The number of ether oxygens (including phenoxy) is 1. The first-order chi connectivity index (χ1) is 11.7. The lowest BCUT2D eigenvalue weighted by Crippen LogP contribution is -2.50. The third-order valence-electron chi connectivity index (χ3n) is 4.00. The summed E-state index contributed by atoms with van der Waals surface area (Å²) in [5, 5.41) is 8.97. The van der Waals surface area contributed by atoms with Crippen LogP contribution in [0.25, 0.3) is 0 Å². The summed E-state index contributed by atoms with van der Waals surface area (Å²) < 4.78 is 5.12. The van der Waals surface area contributed by atoms with Crippen LogP contribution in [0.4, 0.5) is 5.69 Å². The van der Waals surface area contributed by atoms with E-state index < -0.39 is 0 Å². The Kier molecular flexibility index (Phi) is 4.73. The molecule has 0 spiro atoms. The first-order valence-corrected chi connectivity index (χ1v) is 7.71. The molecular weight excluding hydrogens is 304 g/mol. The minimum atomic E-state index is 0.0472. The van der Waals surface area contributed by atoms with E-state index in [4.69, 9.17) is 10.00 Å². The molecule has 3 rings (SSSR count). The largest absolute Gasteiger partial charge is 0.481 e. The lowest BCUT2D eigenvalue weighted by atomic mass is 10.1. The number of hydrogen-bond acceptors (Lipinski definition) is 5. The van der Waals surface area contributed by atoms with Crippen LogP contribution in [-0.2, 0) is 11.3 Å². The summed E-state index contributed by atoms with van der Waals surface area (Å²) >= 11 is 0. The number of pyridine rings is 1. The molecule has 0 radical (unpaired) electrons. The highest BCUT2D eigenvalue weighted by molar-refractivity contribution is 5.95. The van der Waals surface area contributed by atoms with Crippen molar-refractivity contribution in [1.82, 2.24) is 9.88 Å². The fourth-order valence-corrected chi connectivity index (χ4v) is 2.81. The standard InChI is InChI=1S/C18H18N4O2/c1-24-17-10-16(5-6-20-17)22-8-7-21(13-18(22)23)12-15-4-2-3-14(9-15)11-19/h2-6,9-10H,7-8,12-13H2,1H3. The molecule has 24 heavy (non-hydrogen) atoms. The van der Waals surface area contributed by atoms with Crippen molar-refractivity contribution in [2.75, 3.05) is 31.6 Å². The fraction of sp³-hybridized carbons (Fsp3) is 0.278. The molecule has 1 aliphatic rings. The van der Waals surface area contributed by atoms with E-state index in [-0.39, 0.29) is 5.91 Å². The van der Waals surface area contributed by atoms with Gasteiger partial charge in [-0.05, 0) is 23.8 Å². The van der Waals surface area contributed by atoms with Crippen molar-refractivity contribution < 1.29 is 9.53 Å². The van der Waals surface area contributed by atoms with E-state index in [0.29, 0.717) is 31.1 Å². The van der Waals surface area contributed by atoms with Gasteiger partial charge in [-0.2, -0.15) is 5.26 Å². The van der Waals surface area contributed by atoms with E-state index in [1.165, 1.54) is 0 Å². The van der Waals surface area contributed by atoms with E-state index in [9.17, 15) is 4.79 Å². The molecule has 1 saturated heterocycles. The second-order valence-electron chi connectivity index (χ2n) is 5.62. The second-order valence-corrected chi connectivity index (χ2v) is 5.62. The van der Waals surface area contributed by atoms with Crippen molar-refractivity contribution in [1.29, 1.82) is 5.26 Å². The molecule has 0 atom stereocenters. The smallest absolute Gasteiger partial charge is 0.241 e. The number of anilines is 1. The van der Waals surface area contributed by atoms with Crippen LogP contribution < -0.4 is 9.64 Å². The molecule has 122 valence electrons. The van der Waals surface area contributed by atoms with Crippen LogP contribution in [0.2, 0.25) is 0 Å². The van der Waals surface area contributed by atoms with Crippen molar-refractivity contribution in [2.24, 2.45) is 0 Å². The molecule has 1 aliphatic heterocycles. The van der Waals surface area contributed by atoms with E-state index >= 15 is 0 Å². The molecule has 2 heterocycles. The Morgan fingerprint density at radius 3 is 2.92 bits per heavy atom. The number of benzene rings is 1. The predicted octanol–water partition coefficient (Wildman–Crippen LogP) is 1.81. The number of methoxy groups -OCH3 is 1. The van der Waals surface area contributed by atoms with Gasteiger partial charge in [0.1, 0.15) is 0 Å². The highest BCUT2D eigenvalue weighted by Crippen LogP contribution is 2.21. The van der Waals surface area contributed by atoms with Gasteiger partial charge in [-0.3, -0.25) is 9.69 Å². The van der Waals surface area contributed by atoms with E-state index in [1.807, 2.05) is 24.3 Å². The molecule has 2 aromatic rings. The van der Waals surface area contributed by atoms with Gasteiger partial charge in [0.05, 0.1) is 31.0 Å². The van der Waals surface area contributed by atoms with Gasteiger partial charge >= 0.3 is 0 Å². The van der Waals surface area contributed by atoms with Crippen molar-refractivity contribution in [3.05, 3.63) is 53.7 Å². The fourth-order valence-electron chi connectivity index (χ4n) is 2.81. The summed E-state index contributed by atoms with van der Waals surface area (Å²) in [7, 11) is 1.56. The van der Waals surface area contributed by atoms with Gasteiger partial charge in [-0.1, -0.05) is 12.1 Å². The number of nitrogens with zero attached hydrogens (tertiary/aromatic N) is 4. The lowest BCUT2D eigenvalue weighted by molar-refractivity contribution is -0.121. The summed E-state index contributed by atoms with van der Waals surface area (Å²) in [6.07, 6.45) is 1.64. The Labute approximate surface area is 140 Å². The van der Waals surface area contributed by atoms with Crippen LogP contribution in [0.5, 0.6) is 5.88 Å². The van der Waals surface area contributed by atoms with Gasteiger partial charge in [-0.25, -0.2) is 4.98 Å². The third-order valence-corrected chi connectivity index (χ3v) is 4.00. The Morgan fingerprint density at radius 1 is 1.29 bits per heavy atom. The normalized spacial score (nSPS) is 15.2. The molecule has 1 fully saturated rings. The summed E-state index contributed by atoms with van der Waals surface area (Å²) in [6, 6.07) is 13.2. The molecule has 6 nitrogen and oxygen atoms in total. The van der Waals surface area contributed by atoms with Gasteiger partial charge in [0.2, 0.25) is 11.8 Å². The van der Waals surface area contributed by atoms with Gasteiger partial charge in [0.15, 0.2) is 0 Å². The SMILES string of the molecule is COc1cc(N2CCN(Cc3cccc(C#N)c3)CC2=O)ccn1. The van der Waals surface area contributed by atoms with Gasteiger partial charge < -0.3 is 9.64 Å². The molecule has 0 unspecified atom stereocenters. The Bertz CT molecular complexity index is 785. The quantitative estimate of drug-likeness (QED) is 0.858. The van der Waals surface area contributed by atoms with E-state index in [1.54, 1.807) is 30.3 Å². The zero-order valence-corrected chi connectivity index (χ0v) is 13.5. The van der Waals surface area contributed by atoms with E-state index in [0.717, 1.165) is 17.8 Å². The topological polar surface area (TPSA) is 69.5 Å². The predicted molar refractivity (Wildman–Crippen MR) is 89.6 cm³/mol. The molecule has 1 aromatic carbocycles. The van der Waals surface area contributed by atoms with Gasteiger partial charge in [0.25, 0.3) is 0 Å². The summed E-state index contributed by atoms with van der Waals surface area (Å²) in [4.78, 5) is 20.4. The lowest BCUT2D eigenvalue weighted by Gasteiger charge is -2.34. The number of aromatic nitrogens is 1. The van der Waals surface area contributed by atoms with Crippen molar-refractivity contribution in [2.45, 2.75) is 6.54 Å². The first kappa shape index (κ1) is 16.0. The molecule has 0 bridgehead atoms. The number of amides is 1.